The summed E-state index contributed by atoms with van der Waals surface area (Å²) in [5, 5.41) is 0. The Labute approximate surface area is 163 Å². The van der Waals surface area contributed by atoms with Crippen LogP contribution < -0.4 is 19.1 Å². The minimum absolute atomic E-state index is 0.0328. The van der Waals surface area contributed by atoms with Crippen molar-refractivity contribution in [3.63, 3.8) is 0 Å². The molecule has 1 unspecified atom stereocenters. The lowest BCUT2D eigenvalue weighted by Crippen LogP contribution is -2.28. The molecule has 0 spiro atoms. The number of fused-ring (bicyclic) bond motifs is 3. The van der Waals surface area contributed by atoms with E-state index in [4.69, 9.17) is 25.8 Å². The molecule has 5 nitrogen and oxygen atoms in total. The number of carbonyl (C=O) groups is 1. The molecule has 0 N–H and O–H groups in total. The molecule has 0 bridgehead atoms. The summed E-state index contributed by atoms with van der Waals surface area (Å²) >= 11 is 7.55. The van der Waals surface area contributed by atoms with Gasteiger partial charge in [0.15, 0.2) is 11.5 Å². The normalized spacial score (nSPS) is 18.3. The highest BCUT2D eigenvalue weighted by atomic mass is 35.5. The molecule has 7 heteroatoms. The van der Waals surface area contributed by atoms with E-state index in [9.17, 15) is 4.79 Å². The summed E-state index contributed by atoms with van der Waals surface area (Å²) in [6, 6.07) is 13.3. The summed E-state index contributed by atoms with van der Waals surface area (Å²) in [5.41, 5.74) is 2.61. The smallest absolute Gasteiger partial charge is 0.239 e. The van der Waals surface area contributed by atoms with Gasteiger partial charge in [0.25, 0.3) is 0 Å². The van der Waals surface area contributed by atoms with Crippen LogP contribution in [0.5, 0.6) is 23.0 Å². The Hall–Kier alpha value is -2.70. The first-order chi connectivity index (χ1) is 13.2. The van der Waals surface area contributed by atoms with Crippen molar-refractivity contribution in [2.24, 2.45) is 0 Å². The van der Waals surface area contributed by atoms with Gasteiger partial charge in [-0.3, -0.25) is 4.79 Å². The maximum Gasteiger partial charge on any atom is 0.239 e. The third kappa shape index (κ3) is 2.14. The van der Waals surface area contributed by atoms with E-state index in [1.165, 1.54) is 11.3 Å². The monoisotopic (exact) mass is 397 g/mol. The summed E-state index contributed by atoms with van der Waals surface area (Å²) in [6.07, 6.45) is 0. The summed E-state index contributed by atoms with van der Waals surface area (Å²) in [6.45, 7) is 0.670. The Balaban J connectivity index is 1.49. The largest absolute Gasteiger partial charge is 0.456 e. The number of rotatable bonds is 2. The number of halogens is 1. The van der Waals surface area contributed by atoms with Crippen LogP contribution in [-0.4, -0.2) is 12.7 Å². The standard InChI is InChI=1S/C20H12ClNO4S/c21-17-5-4-10(27-17)8-22-12-2-1-3-13-19(12)18(20(22)23)11-6-15-16(25-9-24-15)7-14(11)26-13/h1-7,18H,8-9H2. The van der Waals surface area contributed by atoms with Gasteiger partial charge in [0, 0.05) is 22.1 Å². The summed E-state index contributed by atoms with van der Waals surface area (Å²) in [4.78, 5) is 16.3. The molecule has 0 radical (unpaired) electrons. The second-order valence-electron chi connectivity index (χ2n) is 6.60. The lowest BCUT2D eigenvalue weighted by molar-refractivity contribution is -0.118. The first-order valence-electron chi connectivity index (χ1n) is 8.49. The molecule has 134 valence electrons. The Bertz CT molecular complexity index is 1130. The second-order valence-corrected chi connectivity index (χ2v) is 8.40. The van der Waals surface area contributed by atoms with Crippen LogP contribution >= 0.6 is 22.9 Å². The number of thiophene rings is 1. The van der Waals surface area contributed by atoms with E-state index < -0.39 is 5.92 Å². The number of amides is 1. The Morgan fingerprint density at radius 2 is 1.93 bits per heavy atom. The van der Waals surface area contributed by atoms with Crippen LogP contribution in [0.1, 0.15) is 21.9 Å². The van der Waals surface area contributed by atoms with E-state index in [1.807, 2.05) is 47.4 Å². The van der Waals surface area contributed by atoms with E-state index in [0.717, 1.165) is 21.7 Å². The van der Waals surface area contributed by atoms with Crippen LogP contribution in [0.25, 0.3) is 0 Å². The topological polar surface area (TPSA) is 48.0 Å². The molecule has 3 aromatic rings. The maximum atomic E-state index is 13.4. The zero-order valence-corrected chi connectivity index (χ0v) is 15.5. The molecule has 6 rings (SSSR count). The molecule has 4 heterocycles. The van der Waals surface area contributed by atoms with Crippen LogP contribution in [0, 0.1) is 0 Å². The minimum Gasteiger partial charge on any atom is -0.456 e. The van der Waals surface area contributed by atoms with Crippen LogP contribution in [-0.2, 0) is 11.3 Å². The fourth-order valence-electron chi connectivity index (χ4n) is 3.96. The maximum absolute atomic E-state index is 13.4. The molecular formula is C20H12ClNO4S. The highest BCUT2D eigenvalue weighted by Gasteiger charge is 2.45. The highest BCUT2D eigenvalue weighted by Crippen LogP contribution is 2.55. The Morgan fingerprint density at radius 3 is 2.74 bits per heavy atom. The zero-order chi connectivity index (χ0) is 18.1. The number of carbonyl (C=O) groups excluding carboxylic acids is 1. The summed E-state index contributed by atoms with van der Waals surface area (Å²) < 4.78 is 17.8. The number of ether oxygens (including phenoxy) is 3. The third-order valence-corrected chi connectivity index (χ3v) is 6.33. The van der Waals surface area contributed by atoms with Gasteiger partial charge in [-0.2, -0.15) is 0 Å². The van der Waals surface area contributed by atoms with Gasteiger partial charge in [-0.25, -0.2) is 0 Å². The van der Waals surface area contributed by atoms with Crippen LogP contribution in [0.2, 0.25) is 4.34 Å². The van der Waals surface area contributed by atoms with Crippen molar-refractivity contribution in [3.05, 3.63) is 62.8 Å². The summed E-state index contributed by atoms with van der Waals surface area (Å²) in [5.74, 6) is 2.28. The van der Waals surface area contributed by atoms with Crippen LogP contribution in [0.15, 0.2) is 42.5 Å². The first-order valence-corrected chi connectivity index (χ1v) is 9.68. The van der Waals surface area contributed by atoms with Crippen molar-refractivity contribution >= 4 is 34.5 Å². The van der Waals surface area contributed by atoms with Gasteiger partial charge >= 0.3 is 0 Å². The van der Waals surface area contributed by atoms with E-state index in [0.29, 0.717) is 33.9 Å². The zero-order valence-electron chi connectivity index (χ0n) is 13.9. The number of benzene rings is 2. The highest BCUT2D eigenvalue weighted by molar-refractivity contribution is 7.16. The van der Waals surface area contributed by atoms with Crippen molar-refractivity contribution < 1.29 is 19.0 Å². The first kappa shape index (κ1) is 15.4. The van der Waals surface area contributed by atoms with E-state index >= 15 is 0 Å². The predicted molar refractivity (Wildman–Crippen MR) is 101 cm³/mol. The fraction of sp³-hybridized carbons (Fsp3) is 0.150. The number of hydrogen-bond acceptors (Lipinski definition) is 5. The lowest BCUT2D eigenvalue weighted by atomic mass is 9.89. The molecular weight excluding hydrogens is 386 g/mol. The van der Waals surface area contributed by atoms with Crippen LogP contribution in [0.4, 0.5) is 5.69 Å². The van der Waals surface area contributed by atoms with Crippen molar-refractivity contribution in [1.82, 2.24) is 0 Å². The van der Waals surface area contributed by atoms with Crippen molar-refractivity contribution in [2.45, 2.75) is 12.5 Å². The second kappa shape index (κ2) is 5.41. The van der Waals surface area contributed by atoms with Gasteiger partial charge in [0.2, 0.25) is 12.7 Å². The third-order valence-electron chi connectivity index (χ3n) is 5.11. The molecule has 0 saturated carbocycles. The quantitative estimate of drug-likeness (QED) is 0.616. The van der Waals surface area contributed by atoms with Crippen molar-refractivity contribution in [2.75, 3.05) is 11.7 Å². The van der Waals surface area contributed by atoms with E-state index in [2.05, 4.69) is 0 Å². The van der Waals surface area contributed by atoms with Gasteiger partial charge in [0.1, 0.15) is 11.5 Å². The molecule has 27 heavy (non-hydrogen) atoms. The molecule has 3 aliphatic rings. The number of hydrogen-bond donors (Lipinski definition) is 0. The number of anilines is 1. The molecule has 0 fully saturated rings. The van der Waals surface area contributed by atoms with E-state index in [-0.39, 0.29) is 12.7 Å². The van der Waals surface area contributed by atoms with Crippen molar-refractivity contribution in [1.29, 1.82) is 0 Å². The molecule has 0 aliphatic carbocycles. The van der Waals surface area contributed by atoms with Crippen molar-refractivity contribution in [3.8, 4) is 23.0 Å². The molecule has 1 amide bonds. The average Bonchev–Trinajstić information content (AvgIpc) is 3.35. The number of nitrogens with zero attached hydrogens (tertiary/aromatic N) is 1. The van der Waals surface area contributed by atoms with Gasteiger partial charge in [-0.1, -0.05) is 17.7 Å². The summed E-state index contributed by atoms with van der Waals surface area (Å²) in [7, 11) is 0. The van der Waals surface area contributed by atoms with E-state index in [1.54, 1.807) is 0 Å². The van der Waals surface area contributed by atoms with Gasteiger partial charge in [-0.15, -0.1) is 11.3 Å². The Kier molecular flexibility index (Phi) is 3.08. The van der Waals surface area contributed by atoms with Gasteiger partial charge in [0.05, 0.1) is 22.5 Å². The predicted octanol–water partition coefficient (Wildman–Crippen LogP) is 4.91. The molecule has 0 saturated heterocycles. The lowest BCUT2D eigenvalue weighted by Gasteiger charge is -2.23. The molecule has 2 aromatic carbocycles. The molecule has 1 atom stereocenters. The fourth-order valence-corrected chi connectivity index (χ4v) is 5.04. The van der Waals surface area contributed by atoms with Gasteiger partial charge in [-0.05, 0) is 30.3 Å². The van der Waals surface area contributed by atoms with Crippen LogP contribution in [0.3, 0.4) is 0 Å². The Morgan fingerprint density at radius 1 is 1.07 bits per heavy atom. The van der Waals surface area contributed by atoms with Gasteiger partial charge < -0.3 is 19.1 Å². The molecule has 3 aliphatic heterocycles. The molecule has 1 aromatic heterocycles. The average molecular weight is 398 g/mol. The SMILES string of the molecule is O=C1C2c3cc4c(cc3Oc3cccc(c32)N1Cc1ccc(Cl)s1)OCO4. The minimum atomic E-state index is -0.398.